The molecule has 0 aromatic heterocycles. The highest BCUT2D eigenvalue weighted by atomic mass is 32.2. The summed E-state index contributed by atoms with van der Waals surface area (Å²) in [7, 11) is -3.02. The fourth-order valence-corrected chi connectivity index (χ4v) is 3.70. The number of sulfone groups is 1. The van der Waals surface area contributed by atoms with Crippen LogP contribution in [0.25, 0.3) is 0 Å². The smallest absolute Gasteiger partial charge is 0.154 e. The zero-order valence-corrected chi connectivity index (χ0v) is 10.3. The van der Waals surface area contributed by atoms with E-state index >= 15 is 0 Å². The first-order chi connectivity index (χ1) is 6.94. The zero-order valence-electron chi connectivity index (χ0n) is 9.44. The standard InChI is InChI=1S/C10H21NO3S/c1-3-4-5-8(2)11-9-6-15(13,14)7-10(9)12/h8-12H,3-7H2,1-2H3. The third-order valence-electron chi connectivity index (χ3n) is 2.81. The van der Waals surface area contributed by atoms with Crippen molar-refractivity contribution in [3.63, 3.8) is 0 Å². The minimum Gasteiger partial charge on any atom is -0.390 e. The van der Waals surface area contributed by atoms with Gasteiger partial charge in [0.2, 0.25) is 0 Å². The summed E-state index contributed by atoms with van der Waals surface area (Å²) in [6.07, 6.45) is 2.56. The molecule has 1 heterocycles. The van der Waals surface area contributed by atoms with Crippen LogP contribution in [0.1, 0.15) is 33.1 Å². The van der Waals surface area contributed by atoms with E-state index in [2.05, 4.69) is 12.2 Å². The predicted molar refractivity (Wildman–Crippen MR) is 60.6 cm³/mol. The summed E-state index contributed by atoms with van der Waals surface area (Å²) < 4.78 is 22.5. The zero-order chi connectivity index (χ0) is 11.5. The van der Waals surface area contributed by atoms with Gasteiger partial charge in [0, 0.05) is 12.1 Å². The quantitative estimate of drug-likeness (QED) is 0.720. The van der Waals surface area contributed by atoms with Crippen molar-refractivity contribution < 1.29 is 13.5 Å². The van der Waals surface area contributed by atoms with Crippen LogP contribution in [0.2, 0.25) is 0 Å². The Morgan fingerprint density at radius 2 is 2.13 bits per heavy atom. The first kappa shape index (κ1) is 12.9. The van der Waals surface area contributed by atoms with Crippen molar-refractivity contribution in [1.82, 2.24) is 5.32 Å². The lowest BCUT2D eigenvalue weighted by atomic mass is 10.1. The Hall–Kier alpha value is -0.130. The molecule has 0 aromatic carbocycles. The molecule has 15 heavy (non-hydrogen) atoms. The van der Waals surface area contributed by atoms with Crippen molar-refractivity contribution in [3.8, 4) is 0 Å². The van der Waals surface area contributed by atoms with Crippen molar-refractivity contribution in [2.75, 3.05) is 11.5 Å². The molecule has 5 heteroatoms. The van der Waals surface area contributed by atoms with Gasteiger partial charge in [0.1, 0.15) is 0 Å². The molecule has 1 aliphatic heterocycles. The Balaban J connectivity index is 2.39. The molecule has 0 radical (unpaired) electrons. The maximum atomic E-state index is 11.2. The third-order valence-corrected chi connectivity index (χ3v) is 4.53. The molecule has 0 saturated carbocycles. The lowest BCUT2D eigenvalue weighted by Gasteiger charge is -2.20. The lowest BCUT2D eigenvalue weighted by molar-refractivity contribution is 0.159. The second-order valence-electron chi connectivity index (χ2n) is 4.46. The van der Waals surface area contributed by atoms with E-state index in [9.17, 15) is 13.5 Å². The molecule has 90 valence electrons. The van der Waals surface area contributed by atoms with Crippen molar-refractivity contribution in [3.05, 3.63) is 0 Å². The highest BCUT2D eigenvalue weighted by Gasteiger charge is 2.36. The molecule has 3 unspecified atom stereocenters. The van der Waals surface area contributed by atoms with E-state index in [1.165, 1.54) is 0 Å². The molecule has 4 nitrogen and oxygen atoms in total. The number of rotatable bonds is 5. The average molecular weight is 235 g/mol. The average Bonchev–Trinajstić information content (AvgIpc) is 2.36. The summed E-state index contributed by atoms with van der Waals surface area (Å²) in [4.78, 5) is 0. The molecule has 1 saturated heterocycles. The molecule has 0 bridgehead atoms. The van der Waals surface area contributed by atoms with Crippen molar-refractivity contribution in [1.29, 1.82) is 0 Å². The molecule has 0 spiro atoms. The lowest BCUT2D eigenvalue weighted by Crippen LogP contribution is -2.43. The van der Waals surface area contributed by atoms with Crippen molar-refractivity contribution in [2.24, 2.45) is 0 Å². The maximum Gasteiger partial charge on any atom is 0.154 e. The number of aliphatic hydroxyl groups excluding tert-OH is 1. The Bertz CT molecular complexity index is 289. The van der Waals surface area contributed by atoms with E-state index in [0.29, 0.717) is 0 Å². The van der Waals surface area contributed by atoms with E-state index < -0.39 is 15.9 Å². The topological polar surface area (TPSA) is 66.4 Å². The van der Waals surface area contributed by atoms with Gasteiger partial charge in [-0.25, -0.2) is 8.42 Å². The van der Waals surface area contributed by atoms with Crippen LogP contribution in [0, 0.1) is 0 Å². The number of aliphatic hydroxyl groups is 1. The van der Waals surface area contributed by atoms with Crippen LogP contribution in [-0.4, -0.2) is 43.2 Å². The maximum absolute atomic E-state index is 11.2. The SMILES string of the molecule is CCCCC(C)NC1CS(=O)(=O)CC1O. The van der Waals surface area contributed by atoms with Gasteiger partial charge in [-0.05, 0) is 13.3 Å². The molecule has 1 aliphatic rings. The summed E-state index contributed by atoms with van der Waals surface area (Å²) >= 11 is 0. The van der Waals surface area contributed by atoms with Crippen molar-refractivity contribution in [2.45, 2.75) is 51.3 Å². The summed E-state index contributed by atoms with van der Waals surface area (Å²) in [6.45, 7) is 4.16. The molecule has 1 fully saturated rings. The summed E-state index contributed by atoms with van der Waals surface area (Å²) in [6, 6.07) is -0.000226. The molecule has 2 N–H and O–H groups in total. The summed E-state index contributed by atoms with van der Waals surface area (Å²) in [5, 5.41) is 12.7. The Labute approximate surface area is 92.0 Å². The van der Waals surface area contributed by atoms with Gasteiger partial charge in [0.15, 0.2) is 9.84 Å². The van der Waals surface area contributed by atoms with Gasteiger partial charge < -0.3 is 10.4 Å². The van der Waals surface area contributed by atoms with E-state index in [1.807, 2.05) is 6.92 Å². The van der Waals surface area contributed by atoms with Crippen molar-refractivity contribution >= 4 is 9.84 Å². The largest absolute Gasteiger partial charge is 0.390 e. The second kappa shape index (κ2) is 5.27. The molecule has 0 aromatic rings. The van der Waals surface area contributed by atoms with E-state index in [1.54, 1.807) is 0 Å². The van der Waals surface area contributed by atoms with Gasteiger partial charge >= 0.3 is 0 Å². The highest BCUT2D eigenvalue weighted by Crippen LogP contribution is 2.14. The van der Waals surface area contributed by atoms with Gasteiger partial charge in [-0.2, -0.15) is 0 Å². The minimum atomic E-state index is -3.02. The van der Waals surface area contributed by atoms with E-state index in [-0.39, 0.29) is 23.6 Å². The monoisotopic (exact) mass is 235 g/mol. The molecular weight excluding hydrogens is 214 g/mol. The molecule has 3 atom stereocenters. The van der Waals surface area contributed by atoms with Crippen LogP contribution in [-0.2, 0) is 9.84 Å². The first-order valence-electron chi connectivity index (χ1n) is 5.59. The number of hydrogen-bond acceptors (Lipinski definition) is 4. The van der Waals surface area contributed by atoms with Gasteiger partial charge in [0.25, 0.3) is 0 Å². The number of hydrogen-bond donors (Lipinski definition) is 2. The minimum absolute atomic E-state index is 0.0740. The Morgan fingerprint density at radius 1 is 1.47 bits per heavy atom. The first-order valence-corrected chi connectivity index (χ1v) is 7.41. The van der Waals surface area contributed by atoms with Gasteiger partial charge in [-0.15, -0.1) is 0 Å². The predicted octanol–water partition coefficient (Wildman–Crippen LogP) is 0.313. The van der Waals surface area contributed by atoms with Crippen LogP contribution in [0.5, 0.6) is 0 Å². The fourth-order valence-electron chi connectivity index (χ4n) is 1.95. The number of unbranched alkanes of at least 4 members (excludes halogenated alkanes) is 1. The van der Waals surface area contributed by atoms with E-state index in [4.69, 9.17) is 0 Å². The van der Waals surface area contributed by atoms with Gasteiger partial charge in [-0.1, -0.05) is 19.8 Å². The van der Waals surface area contributed by atoms with Gasteiger partial charge in [-0.3, -0.25) is 0 Å². The highest BCUT2D eigenvalue weighted by molar-refractivity contribution is 7.91. The normalized spacial score (nSPS) is 31.7. The summed E-state index contributed by atoms with van der Waals surface area (Å²) in [5.41, 5.74) is 0. The number of nitrogens with one attached hydrogen (secondary N) is 1. The third kappa shape index (κ3) is 4.09. The molecular formula is C10H21NO3S. The molecule has 0 aliphatic carbocycles. The van der Waals surface area contributed by atoms with Crippen LogP contribution in [0.15, 0.2) is 0 Å². The van der Waals surface area contributed by atoms with Crippen LogP contribution in [0.3, 0.4) is 0 Å². The second-order valence-corrected chi connectivity index (χ2v) is 6.61. The van der Waals surface area contributed by atoms with Crippen LogP contribution in [0.4, 0.5) is 0 Å². The van der Waals surface area contributed by atoms with Crippen LogP contribution < -0.4 is 5.32 Å². The Morgan fingerprint density at radius 3 is 2.60 bits per heavy atom. The summed E-state index contributed by atoms with van der Waals surface area (Å²) in [5.74, 6) is -0.0181. The molecule has 0 amide bonds. The molecule has 1 rings (SSSR count). The fraction of sp³-hybridized carbons (Fsp3) is 1.00. The van der Waals surface area contributed by atoms with Gasteiger partial charge in [0.05, 0.1) is 17.6 Å². The Kier molecular flexibility index (Phi) is 4.55. The van der Waals surface area contributed by atoms with E-state index in [0.717, 1.165) is 19.3 Å². The van der Waals surface area contributed by atoms with Crippen LogP contribution >= 0.6 is 0 Å².